The van der Waals surface area contributed by atoms with Gasteiger partial charge in [-0.2, -0.15) is 0 Å². The molecule has 2 amide bonds. The summed E-state index contributed by atoms with van der Waals surface area (Å²) in [6, 6.07) is 11.4. The predicted molar refractivity (Wildman–Crippen MR) is 115 cm³/mol. The molecule has 0 aliphatic rings. The molecule has 0 spiro atoms. The molecule has 7 heteroatoms. The number of halogens is 2. The largest absolute Gasteiger partial charge is 0.399 e. The Hall–Kier alpha value is -4.62. The van der Waals surface area contributed by atoms with Crippen molar-refractivity contribution in [3.05, 3.63) is 88.5 Å². The molecule has 0 aromatic heterocycles. The molecule has 4 N–H and O–H groups in total. The van der Waals surface area contributed by atoms with Crippen LogP contribution in [0.3, 0.4) is 0 Å². The summed E-state index contributed by atoms with van der Waals surface area (Å²) >= 11 is 0. The maximum atomic E-state index is 13.6. The minimum Gasteiger partial charge on any atom is -0.399 e. The fourth-order valence-electron chi connectivity index (χ4n) is 2.81. The molecular weight excluding hydrogens is 400 g/mol. The van der Waals surface area contributed by atoms with Crippen LogP contribution in [0.1, 0.15) is 31.8 Å². The van der Waals surface area contributed by atoms with E-state index in [0.29, 0.717) is 0 Å². The SMILES string of the molecule is C#Cc1cc(F)cc(NC(=O)c2cc(N)cc(C(=O)Nc3cc(F)cc(C#C)c3)c2)c1. The van der Waals surface area contributed by atoms with E-state index in [0.717, 1.165) is 24.3 Å². The van der Waals surface area contributed by atoms with Crippen molar-refractivity contribution in [1.82, 2.24) is 0 Å². The van der Waals surface area contributed by atoms with E-state index in [2.05, 4.69) is 22.5 Å². The summed E-state index contributed by atoms with van der Waals surface area (Å²) in [4.78, 5) is 25.2. The summed E-state index contributed by atoms with van der Waals surface area (Å²) in [5.41, 5.74) is 6.88. The zero-order valence-corrected chi connectivity index (χ0v) is 16.0. The normalized spacial score (nSPS) is 9.94. The Morgan fingerprint density at radius 1 is 0.710 bits per heavy atom. The average molecular weight is 415 g/mol. The first-order chi connectivity index (χ1) is 14.8. The first-order valence-corrected chi connectivity index (χ1v) is 8.85. The quantitative estimate of drug-likeness (QED) is 0.445. The van der Waals surface area contributed by atoms with Crippen LogP contribution in [0.25, 0.3) is 0 Å². The van der Waals surface area contributed by atoms with Gasteiger partial charge >= 0.3 is 0 Å². The molecule has 0 fully saturated rings. The average Bonchev–Trinajstić information content (AvgIpc) is 2.72. The molecule has 0 atom stereocenters. The summed E-state index contributed by atoms with van der Waals surface area (Å²) in [6.07, 6.45) is 10.5. The molecule has 0 radical (unpaired) electrons. The van der Waals surface area contributed by atoms with Crippen LogP contribution in [0.5, 0.6) is 0 Å². The highest BCUT2D eigenvalue weighted by molar-refractivity contribution is 6.09. The number of rotatable bonds is 4. The van der Waals surface area contributed by atoms with Crippen LogP contribution < -0.4 is 16.4 Å². The number of hydrogen-bond acceptors (Lipinski definition) is 3. The van der Waals surface area contributed by atoms with Crippen molar-refractivity contribution in [2.75, 3.05) is 16.4 Å². The second-order valence-corrected chi connectivity index (χ2v) is 6.50. The molecule has 0 heterocycles. The van der Waals surface area contributed by atoms with E-state index in [9.17, 15) is 18.4 Å². The van der Waals surface area contributed by atoms with Crippen molar-refractivity contribution < 1.29 is 18.4 Å². The maximum absolute atomic E-state index is 13.6. The number of amides is 2. The number of terminal acetylenes is 2. The highest BCUT2D eigenvalue weighted by atomic mass is 19.1. The minimum atomic E-state index is -0.629. The van der Waals surface area contributed by atoms with Crippen molar-refractivity contribution in [3.8, 4) is 24.7 Å². The van der Waals surface area contributed by atoms with Crippen molar-refractivity contribution in [1.29, 1.82) is 0 Å². The molecule has 0 unspecified atom stereocenters. The van der Waals surface area contributed by atoms with E-state index in [1.165, 1.54) is 30.3 Å². The molecule has 31 heavy (non-hydrogen) atoms. The number of carbonyl (C=O) groups excluding carboxylic acids is 2. The highest BCUT2D eigenvalue weighted by Crippen LogP contribution is 2.19. The Kier molecular flexibility index (Phi) is 6.00. The van der Waals surface area contributed by atoms with Gasteiger partial charge < -0.3 is 16.4 Å². The number of benzene rings is 3. The van der Waals surface area contributed by atoms with Gasteiger partial charge in [-0.15, -0.1) is 12.8 Å². The Morgan fingerprint density at radius 3 is 1.52 bits per heavy atom. The van der Waals surface area contributed by atoms with E-state index >= 15 is 0 Å². The topological polar surface area (TPSA) is 84.2 Å². The molecule has 0 bridgehead atoms. The van der Waals surface area contributed by atoms with Gasteiger partial charge in [0.05, 0.1) is 0 Å². The third-order valence-electron chi connectivity index (χ3n) is 4.12. The summed E-state index contributed by atoms with van der Waals surface area (Å²) in [6.45, 7) is 0. The third kappa shape index (κ3) is 5.26. The lowest BCUT2D eigenvalue weighted by molar-refractivity contribution is 0.102. The van der Waals surface area contributed by atoms with Crippen LogP contribution in [0.15, 0.2) is 54.6 Å². The van der Waals surface area contributed by atoms with Gasteiger partial charge in [0.15, 0.2) is 0 Å². The molecule has 3 aromatic rings. The third-order valence-corrected chi connectivity index (χ3v) is 4.12. The molecule has 0 aliphatic carbocycles. The molecular formula is C24H15F2N3O2. The Bertz CT molecular complexity index is 1190. The van der Waals surface area contributed by atoms with Gasteiger partial charge in [-0.25, -0.2) is 8.78 Å². The number of nitrogens with one attached hydrogen (secondary N) is 2. The van der Waals surface area contributed by atoms with E-state index in [-0.39, 0.29) is 39.3 Å². The Morgan fingerprint density at radius 2 is 1.13 bits per heavy atom. The second-order valence-electron chi connectivity index (χ2n) is 6.50. The van der Waals surface area contributed by atoms with Crippen LogP contribution in [0, 0.1) is 36.3 Å². The number of anilines is 3. The van der Waals surface area contributed by atoms with Gasteiger partial charge in [0.1, 0.15) is 11.6 Å². The van der Waals surface area contributed by atoms with E-state index < -0.39 is 23.4 Å². The molecule has 0 saturated heterocycles. The van der Waals surface area contributed by atoms with Gasteiger partial charge in [-0.3, -0.25) is 9.59 Å². The van der Waals surface area contributed by atoms with Crippen molar-refractivity contribution >= 4 is 28.9 Å². The van der Waals surface area contributed by atoms with Crippen LogP contribution in [0.4, 0.5) is 25.8 Å². The first kappa shape index (κ1) is 21.1. The summed E-state index contributed by atoms with van der Waals surface area (Å²) in [5.74, 6) is 2.09. The van der Waals surface area contributed by atoms with Crippen LogP contribution in [0.2, 0.25) is 0 Å². The molecule has 0 aliphatic heterocycles. The number of nitrogen functional groups attached to an aromatic ring is 1. The minimum absolute atomic E-state index is 0.0558. The van der Waals surface area contributed by atoms with Gasteiger partial charge in [0, 0.05) is 39.3 Å². The second kappa shape index (κ2) is 8.81. The van der Waals surface area contributed by atoms with Gasteiger partial charge in [0.2, 0.25) is 0 Å². The van der Waals surface area contributed by atoms with E-state index in [1.54, 1.807) is 0 Å². The smallest absolute Gasteiger partial charge is 0.255 e. The lowest BCUT2D eigenvalue weighted by Gasteiger charge is -2.10. The first-order valence-electron chi connectivity index (χ1n) is 8.85. The number of carbonyl (C=O) groups is 2. The van der Waals surface area contributed by atoms with Gasteiger partial charge in [0.25, 0.3) is 11.8 Å². The fourth-order valence-corrected chi connectivity index (χ4v) is 2.81. The van der Waals surface area contributed by atoms with E-state index in [1.807, 2.05) is 0 Å². The standard InChI is InChI=1S/C24H15F2N3O2/c1-3-14-5-18(25)12-21(7-14)28-23(30)16-9-17(11-20(27)10-16)24(31)29-22-8-15(4-2)6-19(26)13-22/h1-2,5-13H,27H2,(H,28,30)(H,29,31). The summed E-state index contributed by atoms with van der Waals surface area (Å²) < 4.78 is 27.3. The Labute approximate surface area is 177 Å². The van der Waals surface area contributed by atoms with Gasteiger partial charge in [-0.1, -0.05) is 11.8 Å². The molecule has 3 aromatic carbocycles. The van der Waals surface area contributed by atoms with Crippen molar-refractivity contribution in [2.24, 2.45) is 0 Å². The van der Waals surface area contributed by atoms with Crippen molar-refractivity contribution in [3.63, 3.8) is 0 Å². The zero-order chi connectivity index (χ0) is 22.5. The summed E-state index contributed by atoms with van der Waals surface area (Å²) in [7, 11) is 0. The lowest BCUT2D eigenvalue weighted by atomic mass is 10.1. The zero-order valence-electron chi connectivity index (χ0n) is 16.0. The maximum Gasteiger partial charge on any atom is 0.255 e. The molecule has 0 saturated carbocycles. The Balaban J connectivity index is 1.84. The summed E-state index contributed by atoms with van der Waals surface area (Å²) in [5, 5.41) is 5.01. The van der Waals surface area contributed by atoms with Crippen LogP contribution >= 0.6 is 0 Å². The number of hydrogen-bond donors (Lipinski definition) is 3. The van der Waals surface area contributed by atoms with Crippen molar-refractivity contribution in [2.45, 2.75) is 0 Å². The van der Waals surface area contributed by atoms with Gasteiger partial charge in [-0.05, 0) is 54.6 Å². The van der Waals surface area contributed by atoms with E-state index in [4.69, 9.17) is 18.6 Å². The highest BCUT2D eigenvalue weighted by Gasteiger charge is 2.14. The molecule has 152 valence electrons. The van der Waals surface area contributed by atoms with Crippen LogP contribution in [-0.4, -0.2) is 11.8 Å². The van der Waals surface area contributed by atoms with Crippen LogP contribution in [-0.2, 0) is 0 Å². The fraction of sp³-hybridized carbons (Fsp3) is 0. The molecule has 5 nitrogen and oxygen atoms in total. The number of nitrogens with two attached hydrogens (primary N) is 1. The predicted octanol–water partition coefficient (Wildman–Crippen LogP) is 4.01. The molecule has 3 rings (SSSR count). The lowest BCUT2D eigenvalue weighted by Crippen LogP contribution is -2.16. The monoisotopic (exact) mass is 415 g/mol.